The third-order valence-corrected chi connectivity index (χ3v) is 5.88. The zero-order valence-electron chi connectivity index (χ0n) is 18.5. The van der Waals surface area contributed by atoms with Crippen molar-refractivity contribution in [3.05, 3.63) is 71.3 Å². The number of fused-ring (bicyclic) bond motifs is 5. The quantitative estimate of drug-likeness (QED) is 0.420. The lowest BCUT2D eigenvalue weighted by molar-refractivity contribution is 0.400. The Labute approximate surface area is 187 Å². The van der Waals surface area contributed by atoms with Crippen molar-refractivity contribution in [1.82, 2.24) is 0 Å². The minimum atomic E-state index is -0.185. The predicted molar refractivity (Wildman–Crippen MR) is 128 cm³/mol. The molecule has 0 amide bonds. The fraction of sp³-hybridized carbons (Fsp3) is 0.185. The van der Waals surface area contributed by atoms with Gasteiger partial charge in [-0.1, -0.05) is 24.3 Å². The van der Waals surface area contributed by atoms with Crippen molar-refractivity contribution in [3.63, 3.8) is 0 Å². The molecule has 0 spiro atoms. The molecule has 5 rings (SSSR count). The molecule has 0 aliphatic carbocycles. The predicted octanol–water partition coefficient (Wildman–Crippen LogP) is 6.27. The van der Waals surface area contributed by atoms with Crippen LogP contribution in [-0.4, -0.2) is 22.9 Å². The van der Waals surface area contributed by atoms with Crippen LogP contribution in [0.1, 0.15) is 37.5 Å². The highest BCUT2D eigenvalue weighted by Gasteiger charge is 2.33. The van der Waals surface area contributed by atoms with Gasteiger partial charge < -0.3 is 25.0 Å². The molecule has 0 unspecified atom stereocenters. The molecular formula is C27H25NO4. The minimum absolute atomic E-state index is 0.178. The number of aromatic hydroxyl groups is 2. The van der Waals surface area contributed by atoms with Gasteiger partial charge in [0, 0.05) is 22.4 Å². The lowest BCUT2D eigenvalue weighted by Crippen LogP contribution is -2.32. The minimum Gasteiger partial charge on any atom is -0.504 e. The van der Waals surface area contributed by atoms with E-state index in [4.69, 9.17) is 9.47 Å². The van der Waals surface area contributed by atoms with E-state index in [0.29, 0.717) is 17.1 Å². The van der Waals surface area contributed by atoms with E-state index in [2.05, 4.69) is 32.2 Å². The molecule has 3 aromatic carbocycles. The van der Waals surface area contributed by atoms with Crippen LogP contribution in [0.4, 0.5) is 5.69 Å². The lowest BCUT2D eigenvalue weighted by atomic mass is 9.83. The van der Waals surface area contributed by atoms with Crippen molar-refractivity contribution in [2.24, 2.45) is 0 Å². The molecule has 0 fully saturated rings. The first-order valence-corrected chi connectivity index (χ1v) is 10.5. The van der Waals surface area contributed by atoms with Crippen LogP contribution < -0.4 is 14.8 Å². The number of benzene rings is 3. The molecule has 162 valence electrons. The molecule has 5 heteroatoms. The highest BCUT2D eigenvalue weighted by atomic mass is 16.5. The van der Waals surface area contributed by atoms with Gasteiger partial charge in [-0.2, -0.15) is 0 Å². The summed E-state index contributed by atoms with van der Waals surface area (Å²) in [6, 6.07) is 14.9. The summed E-state index contributed by atoms with van der Waals surface area (Å²) in [5.41, 5.74) is 6.04. The van der Waals surface area contributed by atoms with Gasteiger partial charge >= 0.3 is 0 Å². The molecule has 0 aromatic heterocycles. The standard InChI is InChI=1S/C27H25NO4/c1-15-14-27(2,3)28-19-9-8-18-24(23(15)19)22(13-16-6-5-7-17(12-16)31-4)32-21-11-10-20(29)26(30)25(18)21/h5-14,28-30H,1-4H3/b22-13-. The third kappa shape index (κ3) is 3.17. The van der Waals surface area contributed by atoms with E-state index in [-0.39, 0.29) is 17.0 Å². The van der Waals surface area contributed by atoms with E-state index in [1.54, 1.807) is 13.2 Å². The van der Waals surface area contributed by atoms with Crippen LogP contribution >= 0.6 is 0 Å². The van der Waals surface area contributed by atoms with Crippen molar-refractivity contribution in [2.45, 2.75) is 26.3 Å². The number of allylic oxidation sites excluding steroid dienone is 1. The second kappa shape index (κ2) is 7.09. The monoisotopic (exact) mass is 427 g/mol. The van der Waals surface area contributed by atoms with Crippen molar-refractivity contribution in [3.8, 4) is 34.1 Å². The van der Waals surface area contributed by atoms with E-state index in [0.717, 1.165) is 39.3 Å². The Balaban J connectivity index is 1.81. The number of hydrogen-bond acceptors (Lipinski definition) is 5. The summed E-state index contributed by atoms with van der Waals surface area (Å²) >= 11 is 0. The van der Waals surface area contributed by atoms with E-state index in [1.165, 1.54) is 6.07 Å². The Hall–Kier alpha value is -3.86. The van der Waals surface area contributed by atoms with Crippen molar-refractivity contribution >= 4 is 23.1 Å². The summed E-state index contributed by atoms with van der Waals surface area (Å²) in [4.78, 5) is 0. The van der Waals surface area contributed by atoms with Gasteiger partial charge in [0.2, 0.25) is 0 Å². The number of hydrogen-bond donors (Lipinski definition) is 3. The van der Waals surface area contributed by atoms with Crippen molar-refractivity contribution < 1.29 is 19.7 Å². The molecular weight excluding hydrogens is 402 g/mol. The van der Waals surface area contributed by atoms with Crippen LogP contribution in [0, 0.1) is 0 Å². The maximum Gasteiger partial charge on any atom is 0.169 e. The maximum atomic E-state index is 10.7. The number of nitrogens with one attached hydrogen (secondary N) is 1. The molecule has 2 aliphatic rings. The summed E-state index contributed by atoms with van der Waals surface area (Å²) in [5, 5.41) is 24.4. The summed E-state index contributed by atoms with van der Waals surface area (Å²) in [6.45, 7) is 6.34. The van der Waals surface area contributed by atoms with Gasteiger partial charge in [-0.05, 0) is 68.3 Å². The Morgan fingerprint density at radius 3 is 2.59 bits per heavy atom. The molecule has 3 aromatic rings. The molecule has 0 atom stereocenters. The molecule has 0 bridgehead atoms. The van der Waals surface area contributed by atoms with Gasteiger partial charge in [0.05, 0.1) is 18.2 Å². The average Bonchev–Trinajstić information content (AvgIpc) is 2.75. The van der Waals surface area contributed by atoms with E-state index >= 15 is 0 Å². The fourth-order valence-corrected chi connectivity index (χ4v) is 4.64. The van der Waals surface area contributed by atoms with Crippen LogP contribution in [0.15, 0.2) is 54.6 Å². The number of phenolic OH excluding ortho intramolecular Hbond substituents is 2. The Bertz CT molecular complexity index is 1320. The molecule has 0 radical (unpaired) electrons. The zero-order chi connectivity index (χ0) is 22.6. The van der Waals surface area contributed by atoms with Gasteiger partial charge in [0.1, 0.15) is 17.3 Å². The number of anilines is 1. The Kier molecular flexibility index (Phi) is 4.45. The van der Waals surface area contributed by atoms with Gasteiger partial charge in [0.25, 0.3) is 0 Å². The largest absolute Gasteiger partial charge is 0.504 e. The molecule has 2 heterocycles. The summed E-state index contributed by atoms with van der Waals surface area (Å²) in [7, 11) is 1.64. The average molecular weight is 428 g/mol. The van der Waals surface area contributed by atoms with Gasteiger partial charge in [-0.25, -0.2) is 0 Å². The first kappa shape index (κ1) is 20.1. The number of methoxy groups -OCH3 is 1. The number of ether oxygens (including phenoxy) is 2. The smallest absolute Gasteiger partial charge is 0.169 e. The normalized spacial score (nSPS) is 16.8. The molecule has 0 saturated carbocycles. The van der Waals surface area contributed by atoms with E-state index < -0.39 is 0 Å². The topological polar surface area (TPSA) is 71.0 Å². The van der Waals surface area contributed by atoms with Crippen molar-refractivity contribution in [2.75, 3.05) is 12.4 Å². The first-order valence-electron chi connectivity index (χ1n) is 10.5. The summed E-state index contributed by atoms with van der Waals surface area (Å²) in [5.74, 6) is 1.55. The molecule has 5 nitrogen and oxygen atoms in total. The summed E-state index contributed by atoms with van der Waals surface area (Å²) in [6.07, 6.45) is 4.16. The zero-order valence-corrected chi connectivity index (χ0v) is 18.5. The van der Waals surface area contributed by atoms with E-state index in [1.807, 2.05) is 42.5 Å². The van der Waals surface area contributed by atoms with E-state index in [9.17, 15) is 10.2 Å². The highest BCUT2D eigenvalue weighted by Crippen LogP contribution is 2.53. The SMILES string of the molecule is COc1cccc(/C=C2\Oc3ccc(O)c(O)c3-c3ccc4c(c32)C(C)=CC(C)(C)N4)c1. The van der Waals surface area contributed by atoms with Gasteiger partial charge in [-0.15, -0.1) is 0 Å². The molecule has 3 N–H and O–H groups in total. The Morgan fingerprint density at radius 2 is 1.81 bits per heavy atom. The van der Waals surface area contributed by atoms with Crippen LogP contribution in [0.25, 0.3) is 28.5 Å². The second-order valence-corrected chi connectivity index (χ2v) is 8.78. The molecule has 32 heavy (non-hydrogen) atoms. The van der Waals surface area contributed by atoms with Crippen molar-refractivity contribution in [1.29, 1.82) is 0 Å². The van der Waals surface area contributed by atoms with Crippen LogP contribution in [-0.2, 0) is 0 Å². The highest BCUT2D eigenvalue weighted by molar-refractivity contribution is 6.02. The fourth-order valence-electron chi connectivity index (χ4n) is 4.64. The van der Waals surface area contributed by atoms with Gasteiger partial charge in [-0.3, -0.25) is 0 Å². The van der Waals surface area contributed by atoms with Crippen LogP contribution in [0.3, 0.4) is 0 Å². The number of phenols is 2. The lowest BCUT2D eigenvalue weighted by Gasteiger charge is -2.35. The second-order valence-electron chi connectivity index (χ2n) is 8.78. The number of rotatable bonds is 2. The van der Waals surface area contributed by atoms with Crippen LogP contribution in [0.2, 0.25) is 0 Å². The maximum absolute atomic E-state index is 10.7. The molecule has 2 aliphatic heterocycles. The van der Waals surface area contributed by atoms with Crippen LogP contribution in [0.5, 0.6) is 23.0 Å². The molecule has 0 saturated heterocycles. The third-order valence-electron chi connectivity index (χ3n) is 5.88. The van der Waals surface area contributed by atoms with Gasteiger partial charge in [0.15, 0.2) is 11.5 Å². The summed E-state index contributed by atoms with van der Waals surface area (Å²) < 4.78 is 11.7. The first-order chi connectivity index (χ1) is 15.3. The Morgan fingerprint density at radius 1 is 1.00 bits per heavy atom.